The number of rotatable bonds is 7. The lowest BCUT2D eigenvalue weighted by molar-refractivity contribution is -0.139. The summed E-state index contributed by atoms with van der Waals surface area (Å²) in [5, 5.41) is 7.24. The minimum absolute atomic E-state index is 0.0240. The molecular weight excluding hydrogens is 464 g/mol. The lowest BCUT2D eigenvalue weighted by Crippen LogP contribution is -2.55. The van der Waals surface area contributed by atoms with Gasteiger partial charge in [0.25, 0.3) is 0 Å². The summed E-state index contributed by atoms with van der Waals surface area (Å²) in [6.07, 6.45) is 9.12. The Morgan fingerprint density at radius 2 is 1.86 bits per heavy atom. The first kappa shape index (κ1) is 25.4. The Labute approximate surface area is 218 Å². The molecule has 8 nitrogen and oxygen atoms in total. The van der Waals surface area contributed by atoms with Crippen molar-refractivity contribution in [2.45, 2.75) is 76.9 Å². The molecule has 0 unspecified atom stereocenters. The van der Waals surface area contributed by atoms with Crippen molar-refractivity contribution in [1.29, 1.82) is 0 Å². The number of nitrogens with zero attached hydrogens (tertiary/aromatic N) is 3. The Morgan fingerprint density at radius 1 is 1.08 bits per heavy atom. The Hall–Kier alpha value is -3.26. The molecule has 3 heterocycles. The molecular formula is C29H38N6O2. The van der Waals surface area contributed by atoms with Gasteiger partial charge in [-0.1, -0.05) is 37.5 Å². The van der Waals surface area contributed by atoms with Crippen molar-refractivity contribution >= 4 is 22.7 Å². The average Bonchev–Trinajstić information content (AvgIpc) is 3.59. The highest BCUT2D eigenvalue weighted by molar-refractivity contribution is 5.94. The third kappa shape index (κ3) is 5.25. The van der Waals surface area contributed by atoms with E-state index in [0.29, 0.717) is 12.4 Å². The minimum atomic E-state index is -0.500. The maximum atomic E-state index is 14.1. The summed E-state index contributed by atoms with van der Waals surface area (Å²) in [4.78, 5) is 41.8. The molecule has 1 saturated heterocycles. The van der Waals surface area contributed by atoms with Gasteiger partial charge >= 0.3 is 0 Å². The van der Waals surface area contributed by atoms with Crippen LogP contribution in [0.15, 0.2) is 36.5 Å². The fraction of sp³-hybridized carbons (Fsp3) is 0.517. The Bertz CT molecular complexity index is 1260. The smallest absolute Gasteiger partial charge is 0.246 e. The van der Waals surface area contributed by atoms with Crippen LogP contribution in [0.4, 0.5) is 0 Å². The number of aromatic nitrogens is 3. The SMILES string of the molecule is CN[C@@H](C)C(=O)N[C@H](C(=O)N1CCC[C@H]1c1cc(-c2c[nH]c3ccccc23)nc(C)n1)C1CCCCC1. The molecule has 196 valence electrons. The lowest BCUT2D eigenvalue weighted by Gasteiger charge is -2.35. The van der Waals surface area contributed by atoms with E-state index in [1.54, 1.807) is 7.05 Å². The first-order valence-corrected chi connectivity index (χ1v) is 13.7. The van der Waals surface area contributed by atoms with E-state index >= 15 is 0 Å². The molecule has 0 spiro atoms. The highest BCUT2D eigenvalue weighted by Crippen LogP contribution is 2.36. The van der Waals surface area contributed by atoms with E-state index in [9.17, 15) is 9.59 Å². The van der Waals surface area contributed by atoms with Crippen molar-refractivity contribution in [1.82, 2.24) is 30.5 Å². The topological polar surface area (TPSA) is 103 Å². The van der Waals surface area contributed by atoms with Crippen LogP contribution >= 0.6 is 0 Å². The van der Waals surface area contributed by atoms with Crippen LogP contribution in [0.3, 0.4) is 0 Å². The third-order valence-corrected chi connectivity index (χ3v) is 8.11. The molecule has 37 heavy (non-hydrogen) atoms. The molecule has 3 atom stereocenters. The number of para-hydroxylation sites is 1. The van der Waals surface area contributed by atoms with E-state index in [0.717, 1.165) is 66.4 Å². The van der Waals surface area contributed by atoms with E-state index < -0.39 is 6.04 Å². The summed E-state index contributed by atoms with van der Waals surface area (Å²) in [6.45, 7) is 4.41. The number of carbonyl (C=O) groups is 2. The van der Waals surface area contributed by atoms with Crippen LogP contribution in [0.2, 0.25) is 0 Å². The largest absolute Gasteiger partial charge is 0.360 e. The average molecular weight is 503 g/mol. The number of amides is 2. The molecule has 1 aliphatic carbocycles. The molecule has 2 amide bonds. The van der Waals surface area contributed by atoms with Gasteiger partial charge in [0.15, 0.2) is 0 Å². The van der Waals surface area contributed by atoms with Crippen LogP contribution in [0.25, 0.3) is 22.2 Å². The molecule has 2 aliphatic rings. The monoisotopic (exact) mass is 502 g/mol. The van der Waals surface area contributed by atoms with Crippen molar-refractivity contribution in [3.05, 3.63) is 48.0 Å². The molecule has 0 bridgehead atoms. The minimum Gasteiger partial charge on any atom is -0.360 e. The summed E-state index contributed by atoms with van der Waals surface area (Å²) >= 11 is 0. The number of benzene rings is 1. The Kier molecular flexibility index (Phi) is 7.55. The summed E-state index contributed by atoms with van der Waals surface area (Å²) < 4.78 is 0. The van der Waals surface area contributed by atoms with Gasteiger partial charge in [0, 0.05) is 29.2 Å². The number of likely N-dealkylation sites (tertiary alicyclic amines) is 1. The van der Waals surface area contributed by atoms with Gasteiger partial charge in [-0.25, -0.2) is 9.97 Å². The van der Waals surface area contributed by atoms with Crippen LogP contribution in [0.1, 0.15) is 69.4 Å². The zero-order valence-corrected chi connectivity index (χ0v) is 22.1. The summed E-state index contributed by atoms with van der Waals surface area (Å²) in [5.74, 6) is 0.763. The zero-order valence-electron chi connectivity index (χ0n) is 22.1. The van der Waals surface area contributed by atoms with E-state index in [2.05, 4.69) is 27.8 Å². The van der Waals surface area contributed by atoms with Crippen LogP contribution in [-0.4, -0.2) is 57.3 Å². The Morgan fingerprint density at radius 3 is 2.65 bits per heavy atom. The third-order valence-electron chi connectivity index (χ3n) is 8.11. The molecule has 1 aromatic carbocycles. The molecule has 0 radical (unpaired) electrons. The maximum Gasteiger partial charge on any atom is 0.246 e. The predicted octanol–water partition coefficient (Wildman–Crippen LogP) is 4.27. The van der Waals surface area contributed by atoms with Gasteiger partial charge < -0.3 is 20.5 Å². The van der Waals surface area contributed by atoms with Gasteiger partial charge in [0.2, 0.25) is 11.8 Å². The van der Waals surface area contributed by atoms with Crippen LogP contribution in [0.5, 0.6) is 0 Å². The molecule has 8 heteroatoms. The number of nitrogens with one attached hydrogen (secondary N) is 3. The first-order valence-electron chi connectivity index (χ1n) is 13.7. The molecule has 3 N–H and O–H groups in total. The number of hydrogen-bond acceptors (Lipinski definition) is 5. The predicted molar refractivity (Wildman–Crippen MR) is 145 cm³/mol. The summed E-state index contributed by atoms with van der Waals surface area (Å²) in [6, 6.07) is 9.25. The zero-order chi connectivity index (χ0) is 25.9. The van der Waals surface area contributed by atoms with Crippen LogP contribution < -0.4 is 10.6 Å². The van der Waals surface area contributed by atoms with E-state index in [1.807, 2.05) is 43.1 Å². The highest BCUT2D eigenvalue weighted by atomic mass is 16.2. The first-order chi connectivity index (χ1) is 18.0. The summed E-state index contributed by atoms with van der Waals surface area (Å²) in [7, 11) is 1.76. The number of likely N-dealkylation sites (N-methyl/N-ethyl adjacent to an activating group) is 1. The van der Waals surface area contributed by atoms with Crippen LogP contribution in [-0.2, 0) is 9.59 Å². The van der Waals surface area contributed by atoms with Gasteiger partial charge in [0.05, 0.1) is 23.5 Å². The normalized spacial score (nSPS) is 20.2. The fourth-order valence-corrected chi connectivity index (χ4v) is 5.96. The van der Waals surface area contributed by atoms with Gasteiger partial charge in [-0.15, -0.1) is 0 Å². The van der Waals surface area contributed by atoms with Crippen molar-refractivity contribution in [2.75, 3.05) is 13.6 Å². The van der Waals surface area contributed by atoms with Gasteiger partial charge in [-0.2, -0.15) is 0 Å². The van der Waals surface area contributed by atoms with Crippen molar-refractivity contribution in [3.63, 3.8) is 0 Å². The summed E-state index contributed by atoms with van der Waals surface area (Å²) in [5.41, 5.74) is 3.83. The van der Waals surface area contributed by atoms with Gasteiger partial charge in [-0.05, 0) is 64.6 Å². The number of fused-ring (bicyclic) bond motifs is 1. The van der Waals surface area contributed by atoms with E-state index in [4.69, 9.17) is 9.97 Å². The number of hydrogen-bond donors (Lipinski definition) is 3. The number of carbonyl (C=O) groups excluding carboxylic acids is 2. The van der Waals surface area contributed by atoms with Crippen molar-refractivity contribution < 1.29 is 9.59 Å². The van der Waals surface area contributed by atoms with Crippen molar-refractivity contribution in [3.8, 4) is 11.3 Å². The fourth-order valence-electron chi connectivity index (χ4n) is 5.96. The van der Waals surface area contributed by atoms with E-state index in [1.165, 1.54) is 6.42 Å². The molecule has 1 saturated carbocycles. The van der Waals surface area contributed by atoms with E-state index in [-0.39, 0.29) is 29.8 Å². The molecule has 1 aliphatic heterocycles. The second-order valence-corrected chi connectivity index (χ2v) is 10.6. The Balaban J connectivity index is 1.44. The molecule has 5 rings (SSSR count). The van der Waals surface area contributed by atoms with Crippen molar-refractivity contribution in [2.24, 2.45) is 5.92 Å². The second kappa shape index (κ2) is 11.0. The maximum absolute atomic E-state index is 14.1. The van der Waals surface area contributed by atoms with Crippen LogP contribution in [0, 0.1) is 12.8 Å². The lowest BCUT2D eigenvalue weighted by atomic mass is 9.83. The van der Waals surface area contributed by atoms with Gasteiger partial charge in [-0.3, -0.25) is 9.59 Å². The molecule has 2 fully saturated rings. The molecule has 3 aromatic rings. The molecule has 2 aromatic heterocycles. The number of H-pyrrole nitrogens is 1. The quantitative estimate of drug-likeness (QED) is 0.448. The number of aromatic amines is 1. The second-order valence-electron chi connectivity index (χ2n) is 10.6. The highest BCUT2D eigenvalue weighted by Gasteiger charge is 2.39. The number of aryl methyl sites for hydroxylation is 1. The van der Waals surface area contributed by atoms with Gasteiger partial charge in [0.1, 0.15) is 11.9 Å². The standard InChI is InChI=1S/C29H38N6O2/c1-18(30-3)28(36)34-27(20-10-5-4-6-11-20)29(37)35-15-9-14-26(35)25-16-24(32-19(2)33-25)22-17-31-23-13-8-7-12-21(22)23/h7-8,12-13,16-18,20,26-27,30-31H,4-6,9-11,14-15H2,1-3H3,(H,34,36)/t18-,26-,27-/m0/s1.